The summed E-state index contributed by atoms with van der Waals surface area (Å²) in [7, 11) is 0. The third-order valence-corrected chi connectivity index (χ3v) is 27.8. The number of aliphatic hydroxyl groups excluding tert-OH is 10. The Hall–Kier alpha value is -9.52. The van der Waals surface area contributed by atoms with Gasteiger partial charge in [0.25, 0.3) is 0 Å². The Bertz CT molecular complexity index is 7960. The first-order valence-corrected chi connectivity index (χ1v) is 48.7. The number of rotatable bonds is 40. The second kappa shape index (κ2) is 47.3. The Kier molecular flexibility index (Phi) is 24.2. The molecule has 16 N–H and O–H groups in total. The van der Waals surface area contributed by atoms with Crippen molar-refractivity contribution in [2.75, 3.05) is 96.8 Å². The highest BCUT2D eigenvalue weighted by molar-refractivity contribution is 7.99. The third-order valence-electron chi connectivity index (χ3n) is 25.0. The van der Waals surface area contributed by atoms with Crippen LogP contribution in [0.15, 0.2) is 93.4 Å². The number of hydrogen-bond acceptors (Lipinski definition) is 40. The zero-order valence-corrected chi connectivity index (χ0v) is 81.0. The zero-order valence-electron chi connectivity index (χ0n) is 108. The minimum Gasteiger partial charge on any atom is -0.394 e. The van der Waals surface area contributed by atoms with Gasteiger partial charge in [0.2, 0.25) is 0 Å². The lowest BCUT2D eigenvalue weighted by atomic mass is 10.1. The Labute approximate surface area is 885 Å². The molecular formula is C96H124F4N24O16S4. The summed E-state index contributed by atoms with van der Waals surface area (Å²) in [6.45, 7) is -2.73. The van der Waals surface area contributed by atoms with Crippen LogP contribution in [0.5, 0.6) is 0 Å². The van der Waals surface area contributed by atoms with Crippen molar-refractivity contribution in [2.24, 2.45) is 0 Å². The fourth-order valence-corrected chi connectivity index (χ4v) is 19.1. The fourth-order valence-electron chi connectivity index (χ4n) is 17.2. The average molecular weight is 2100 g/mol. The van der Waals surface area contributed by atoms with E-state index in [0.717, 1.165) is 34.8 Å². The maximum atomic E-state index is 14.3. The molecule has 40 nitrogen and oxygen atoms in total. The van der Waals surface area contributed by atoms with Gasteiger partial charge in [0.05, 0.1) is 112 Å². The summed E-state index contributed by atoms with van der Waals surface area (Å²) in [5.41, 5.74) is -5.99. The van der Waals surface area contributed by atoms with Gasteiger partial charge in [-0.15, -0.1) is 20.4 Å². The molecule has 8 saturated carbocycles. The number of thioether (sulfide) groups is 4. The molecule has 8 heterocycles. The van der Waals surface area contributed by atoms with Crippen LogP contribution in [-0.4, -0.2) is 334 Å². The van der Waals surface area contributed by atoms with E-state index in [2.05, 4.69) is 102 Å². The highest BCUT2D eigenvalue weighted by Crippen LogP contribution is 2.50. The van der Waals surface area contributed by atoms with Gasteiger partial charge < -0.3 is 101 Å². The molecule has 8 aliphatic carbocycles. The number of anilines is 4. The van der Waals surface area contributed by atoms with E-state index in [4.69, 9.17) is 65.2 Å². The Morgan fingerprint density at radius 3 is 0.875 bits per heavy atom. The summed E-state index contributed by atoms with van der Waals surface area (Å²) in [5.74, 6) is -5.09. The molecule has 0 amide bonds. The third kappa shape index (κ3) is 23.8. The van der Waals surface area contributed by atoms with Crippen molar-refractivity contribution in [3.63, 3.8) is 0 Å². The van der Waals surface area contributed by atoms with Crippen molar-refractivity contribution in [3.05, 3.63) is 141 Å². The second-order valence-electron chi connectivity index (χ2n) is 34.4. The smallest absolute Gasteiger partial charge is 0.191 e. The Morgan fingerprint density at radius 2 is 0.625 bits per heavy atom. The van der Waals surface area contributed by atoms with Crippen LogP contribution >= 0.6 is 47.0 Å². The zero-order chi connectivity index (χ0) is 128. The highest BCUT2D eigenvalue weighted by Gasteiger charge is 2.51. The molecule has 24 atom stereocenters. The summed E-state index contributed by atoms with van der Waals surface area (Å²) in [6, 6.07) is 10.2. The molecule has 0 spiro atoms. The van der Waals surface area contributed by atoms with Crippen molar-refractivity contribution in [1.82, 2.24) is 99.8 Å². The monoisotopic (exact) mass is 2100 g/mol. The molecule has 776 valence electrons. The molecule has 8 aliphatic rings. The molecule has 0 aliphatic heterocycles. The topological polar surface area (TPSA) is 554 Å². The van der Waals surface area contributed by atoms with Crippen LogP contribution in [0.4, 0.5) is 40.8 Å². The van der Waals surface area contributed by atoms with Crippen molar-refractivity contribution in [1.29, 1.82) is 0 Å². The van der Waals surface area contributed by atoms with Gasteiger partial charge in [0.1, 0.15) is 72.1 Å². The number of hydrogen-bond donors (Lipinski definition) is 16. The van der Waals surface area contributed by atoms with Crippen LogP contribution in [0.2, 0.25) is 0 Å². The van der Waals surface area contributed by atoms with Gasteiger partial charge in [-0.25, -0.2) is 76.2 Å². The maximum Gasteiger partial charge on any atom is 0.191 e. The van der Waals surface area contributed by atoms with E-state index in [9.17, 15) is 73.7 Å². The molecule has 8 aromatic heterocycles. The number of nitrogens with one attached hydrogen (secondary N) is 4. The van der Waals surface area contributed by atoms with Gasteiger partial charge in [-0.05, 0) is 147 Å². The minimum absolute atomic E-state index is 0.00343. The van der Waals surface area contributed by atoms with E-state index < -0.39 is 275 Å². The van der Waals surface area contributed by atoms with Gasteiger partial charge in [-0.1, -0.05) is 144 Å². The first-order valence-electron chi connectivity index (χ1n) is 60.4. The molecule has 0 saturated heterocycles. The van der Waals surface area contributed by atoms with Gasteiger partial charge in [-0.2, -0.15) is 0 Å². The van der Waals surface area contributed by atoms with Gasteiger partial charge in [0.15, 0.2) is 88.6 Å². The standard InChI is InChI=1S/4C24H31FN6O4S/c4*1-3-8-36-24-27-22(26-16-10-14(16)13-5-4-12(2)15(25)9-13)19-23(28-24)31(30-29-19)17-11-18(35-7-6-32)21(34)20(17)33/h4*4-5,9,14,16-18,20-21,32-34H,3,6-8,10-11H2,1-2H3,(H,26,27,28)/t4*14-,16+,17+,18-,20-,21+/m0000/s1/i6D2,7D2,8D2,10D2;3D2,7D2,8D2,10D2;3D2,6D2,8D2,10D2;3D2,8D2,10D2. The van der Waals surface area contributed by atoms with Crippen LogP contribution in [-0.2, 0) is 18.9 Å². The molecule has 4 aromatic carbocycles. The van der Waals surface area contributed by atoms with E-state index in [1.807, 2.05) is 0 Å². The molecule has 12 aromatic rings. The van der Waals surface area contributed by atoms with Crippen LogP contribution in [0.25, 0.3) is 44.7 Å². The molecule has 0 bridgehead atoms. The number of halogens is 4. The first-order chi connectivity index (χ1) is 80.3. The van der Waals surface area contributed by atoms with E-state index >= 15 is 0 Å². The molecule has 20 rings (SSSR count). The highest BCUT2D eigenvalue weighted by atomic mass is 32.2. The van der Waals surface area contributed by atoms with Crippen molar-refractivity contribution in [2.45, 2.75) is 298 Å². The molecule has 0 unspecified atom stereocenters. The molecular weight excluding hydrogens is 1950 g/mol. The van der Waals surface area contributed by atoms with E-state index in [1.165, 1.54) is 28.9 Å². The fraction of sp³-hybridized carbons (Fsp3) is 0.583. The lowest BCUT2D eigenvalue weighted by molar-refractivity contribution is -0.0629. The normalized spacial score (nSPS) is 33.2. The number of fused-ring (bicyclic) bond motifs is 4. The lowest BCUT2D eigenvalue weighted by Crippen LogP contribution is -2.33. The summed E-state index contributed by atoms with van der Waals surface area (Å²) in [6.07, 6.45) is -31.4. The summed E-state index contributed by atoms with van der Waals surface area (Å²) < 4.78 is 324. The van der Waals surface area contributed by atoms with Gasteiger partial charge in [0, 0.05) is 126 Å². The predicted molar refractivity (Wildman–Crippen MR) is 530 cm³/mol. The van der Waals surface area contributed by atoms with Crippen molar-refractivity contribution in [3.8, 4) is 0 Å². The molecule has 48 heteroatoms. The van der Waals surface area contributed by atoms with Crippen LogP contribution in [0.3, 0.4) is 0 Å². The minimum atomic E-state index is -3.41. The number of benzene rings is 4. The predicted octanol–water partition coefficient (Wildman–Crippen LogP) is 8.73. The average Bonchev–Trinajstić information content (AvgIpc) is 1.56. The van der Waals surface area contributed by atoms with E-state index in [-0.39, 0.29) is 134 Å². The number of aliphatic hydroxyl groups is 12. The largest absolute Gasteiger partial charge is 0.394 e. The van der Waals surface area contributed by atoms with E-state index in [1.54, 1.807) is 83.1 Å². The number of nitrogens with zero attached hydrogens (tertiary/aromatic N) is 20. The SMILES string of the molecule is [2H]C([2H])(CC)Sc1nc(N[C@H]2[C@H](c3ccc(C)c(F)c3)C2([2H])[2H])c2nnn([C@@H]3C[C@H](OC([2H])([2H])C([2H])([2H])O)[C@@H](O)[C@H]3O)c2n1.[2H]C([2H])(CO)O[C@H]1C[C@@H](n2nnc3c(N[C@H]4[C@H](c5ccc(C)c(F)c5)C4([2H])[2H])nc(SC([2H])([2H])C([2H])([2H])C)nc32)[C@H](O)[C@@H]1O.[2H]C([2H])(O)CO[C@H]1C[C@@H](n2nnc3c(N[C@H]4[C@H](c5ccc(C)c(F)c5)C4([2H])[2H])nc(SC([2H])([2H])C([2H])([2H])C)nc32)[C@H](O)[C@@H]1O.[2H]C1([2H])[C@@H](Nc2nc(SC([2H])([2H])C([2H])([2H])C)nc3c2nnn3[C@@H]2C[C@H](OCCO)[C@@H](O)[C@H]2O)[C@@H]1c1ccc(C)c(F)c1. The van der Waals surface area contributed by atoms with Crippen LogP contribution < -0.4 is 21.3 Å². The van der Waals surface area contributed by atoms with E-state index in [0.29, 0.717) is 91.6 Å². The maximum absolute atomic E-state index is 14.3. The quantitative estimate of drug-likeness (QED) is 0.00969. The lowest BCUT2D eigenvalue weighted by Gasteiger charge is -2.17. The van der Waals surface area contributed by atoms with Crippen LogP contribution in [0, 0.1) is 51.0 Å². The Morgan fingerprint density at radius 1 is 0.354 bits per heavy atom. The molecule has 144 heavy (non-hydrogen) atoms. The van der Waals surface area contributed by atoms with Gasteiger partial charge in [-0.3, -0.25) is 0 Å². The van der Waals surface area contributed by atoms with Crippen LogP contribution in [0.1, 0.15) is 238 Å². The second-order valence-corrected chi connectivity index (χ2v) is 37.6. The number of aryl methyl sites for hydroxylation is 4. The molecule has 8 fully saturated rings. The first kappa shape index (κ1) is 73.6. The van der Waals surface area contributed by atoms with Crippen molar-refractivity contribution >= 4 is 115 Å². The number of ether oxygens (including phenoxy) is 4. The van der Waals surface area contributed by atoms with Crippen molar-refractivity contribution < 1.29 is 139 Å². The van der Waals surface area contributed by atoms with Gasteiger partial charge >= 0.3 is 0 Å². The number of aromatic nitrogens is 20. The molecule has 0 radical (unpaired) electrons. The summed E-state index contributed by atoms with van der Waals surface area (Å²) in [5, 5.41) is 167. The summed E-state index contributed by atoms with van der Waals surface area (Å²) in [4.78, 5) is 34.8. The summed E-state index contributed by atoms with van der Waals surface area (Å²) >= 11 is 1.85. The Balaban J connectivity index is 0.000000154.